The molecule has 0 bridgehead atoms. The van der Waals surface area contributed by atoms with Gasteiger partial charge in [-0.3, -0.25) is 10.1 Å². The van der Waals surface area contributed by atoms with Crippen molar-refractivity contribution >= 4 is 40.9 Å². The smallest absolute Gasteiger partial charge is 0.358 e. The molecule has 1 aromatic carbocycles. The molecular formula is C14H11Cl2N7O3. The number of hydrogen-bond acceptors (Lipinski definition) is 6. The Kier molecular flexibility index (Phi) is 5.14. The maximum Gasteiger partial charge on any atom is 0.389 e. The topological polar surface area (TPSA) is 121 Å². The molecule has 0 fully saturated rings. The molecular weight excluding hydrogens is 385 g/mol. The number of nitrogens with one attached hydrogen (secondary N) is 1. The predicted octanol–water partition coefficient (Wildman–Crippen LogP) is 2.38. The molecule has 3 rings (SSSR count). The van der Waals surface area contributed by atoms with Crippen molar-refractivity contribution in [3.05, 3.63) is 62.5 Å². The van der Waals surface area contributed by atoms with Gasteiger partial charge in [0.1, 0.15) is 12.9 Å². The SMILES string of the molecule is O=C(Cn1ccc([N+](=O)[O-])n1)Nc1ncn(Cc2c(Cl)cccc2Cl)n1. The maximum absolute atomic E-state index is 12.0. The van der Waals surface area contributed by atoms with E-state index in [1.807, 2.05) is 0 Å². The van der Waals surface area contributed by atoms with E-state index in [0.29, 0.717) is 15.6 Å². The van der Waals surface area contributed by atoms with Crippen LogP contribution in [0.4, 0.5) is 11.8 Å². The van der Waals surface area contributed by atoms with Gasteiger partial charge in [-0.25, -0.2) is 9.67 Å². The van der Waals surface area contributed by atoms with E-state index in [9.17, 15) is 14.9 Å². The Bertz CT molecular complexity index is 949. The molecule has 0 saturated carbocycles. The molecule has 26 heavy (non-hydrogen) atoms. The van der Waals surface area contributed by atoms with Gasteiger partial charge in [-0.2, -0.15) is 4.68 Å². The van der Waals surface area contributed by atoms with Crippen molar-refractivity contribution in [2.24, 2.45) is 0 Å². The summed E-state index contributed by atoms with van der Waals surface area (Å²) >= 11 is 12.2. The fourth-order valence-electron chi connectivity index (χ4n) is 2.12. The molecule has 0 aliphatic heterocycles. The van der Waals surface area contributed by atoms with Crippen molar-refractivity contribution in [2.45, 2.75) is 13.1 Å². The first kappa shape index (κ1) is 17.8. The van der Waals surface area contributed by atoms with Gasteiger partial charge in [0.2, 0.25) is 5.95 Å². The second-order valence-electron chi connectivity index (χ2n) is 5.14. The first-order valence-electron chi connectivity index (χ1n) is 7.22. The summed E-state index contributed by atoms with van der Waals surface area (Å²) in [6, 6.07) is 6.37. The number of nitrogens with zero attached hydrogens (tertiary/aromatic N) is 6. The molecule has 10 nitrogen and oxygen atoms in total. The number of aromatic nitrogens is 5. The summed E-state index contributed by atoms with van der Waals surface area (Å²) < 4.78 is 2.62. The van der Waals surface area contributed by atoms with E-state index in [1.54, 1.807) is 18.2 Å². The van der Waals surface area contributed by atoms with Gasteiger partial charge in [0.25, 0.3) is 5.91 Å². The van der Waals surface area contributed by atoms with Crippen LogP contribution >= 0.6 is 23.2 Å². The second-order valence-corrected chi connectivity index (χ2v) is 5.96. The number of halogens is 2. The molecule has 1 N–H and O–H groups in total. The van der Waals surface area contributed by atoms with Crippen LogP contribution in [0.15, 0.2) is 36.8 Å². The van der Waals surface area contributed by atoms with Crippen LogP contribution in [-0.4, -0.2) is 35.4 Å². The van der Waals surface area contributed by atoms with Crippen LogP contribution in [0, 0.1) is 10.1 Å². The van der Waals surface area contributed by atoms with Gasteiger partial charge in [-0.05, 0) is 17.1 Å². The lowest BCUT2D eigenvalue weighted by atomic mass is 10.2. The lowest BCUT2D eigenvalue weighted by molar-refractivity contribution is -0.389. The third-order valence-corrected chi connectivity index (χ3v) is 4.00. The zero-order valence-electron chi connectivity index (χ0n) is 13.0. The van der Waals surface area contributed by atoms with E-state index in [1.165, 1.54) is 23.3 Å². The van der Waals surface area contributed by atoms with Crippen LogP contribution in [0.2, 0.25) is 10.0 Å². The first-order chi connectivity index (χ1) is 12.4. The number of hydrogen-bond donors (Lipinski definition) is 1. The van der Waals surface area contributed by atoms with Crippen LogP contribution < -0.4 is 5.32 Å². The molecule has 0 atom stereocenters. The molecule has 0 unspecified atom stereocenters. The summed E-state index contributed by atoms with van der Waals surface area (Å²) in [6.07, 6.45) is 2.76. The highest BCUT2D eigenvalue weighted by atomic mass is 35.5. The van der Waals surface area contributed by atoms with Crippen LogP contribution in [0.1, 0.15) is 5.56 Å². The highest BCUT2D eigenvalue weighted by molar-refractivity contribution is 6.35. The monoisotopic (exact) mass is 395 g/mol. The zero-order valence-corrected chi connectivity index (χ0v) is 14.6. The quantitative estimate of drug-likeness (QED) is 0.505. The van der Waals surface area contributed by atoms with Crippen molar-refractivity contribution in [1.82, 2.24) is 24.5 Å². The van der Waals surface area contributed by atoms with E-state index < -0.39 is 10.8 Å². The van der Waals surface area contributed by atoms with Crippen molar-refractivity contribution in [3.8, 4) is 0 Å². The third kappa shape index (κ3) is 4.16. The molecule has 2 aromatic heterocycles. The van der Waals surface area contributed by atoms with Crippen molar-refractivity contribution in [3.63, 3.8) is 0 Å². The normalized spacial score (nSPS) is 10.7. The molecule has 0 radical (unpaired) electrons. The van der Waals surface area contributed by atoms with E-state index in [2.05, 4.69) is 20.5 Å². The zero-order chi connectivity index (χ0) is 18.7. The molecule has 1 amide bonds. The van der Waals surface area contributed by atoms with Gasteiger partial charge in [0.15, 0.2) is 0 Å². The summed E-state index contributed by atoms with van der Waals surface area (Å²) in [7, 11) is 0. The first-order valence-corrected chi connectivity index (χ1v) is 7.98. The van der Waals surface area contributed by atoms with Crippen molar-refractivity contribution in [2.75, 3.05) is 5.32 Å². The standard InChI is InChI=1S/C14H11Cl2N7O3/c15-10-2-1-3-11(16)9(10)6-22-8-17-14(20-22)18-13(24)7-21-5-4-12(19-21)23(25)26/h1-5,8H,6-7H2,(H,18,20,24). The Morgan fingerprint density at radius 2 is 1.92 bits per heavy atom. The van der Waals surface area contributed by atoms with E-state index in [4.69, 9.17) is 23.2 Å². The minimum atomic E-state index is -0.641. The van der Waals surface area contributed by atoms with Crippen LogP contribution in [0.5, 0.6) is 0 Å². The average Bonchev–Trinajstić information content (AvgIpc) is 3.21. The van der Waals surface area contributed by atoms with Crippen LogP contribution in [-0.2, 0) is 17.9 Å². The molecule has 3 aromatic rings. The number of carbonyl (C=O) groups excluding carboxylic acids is 1. The lowest BCUT2D eigenvalue weighted by Gasteiger charge is -2.06. The molecule has 134 valence electrons. The number of anilines is 1. The Morgan fingerprint density at radius 3 is 2.58 bits per heavy atom. The van der Waals surface area contributed by atoms with Crippen LogP contribution in [0.25, 0.3) is 0 Å². The number of benzene rings is 1. The van der Waals surface area contributed by atoms with Crippen molar-refractivity contribution in [1.29, 1.82) is 0 Å². The van der Waals surface area contributed by atoms with Gasteiger partial charge >= 0.3 is 5.82 Å². The fourth-order valence-corrected chi connectivity index (χ4v) is 2.64. The van der Waals surface area contributed by atoms with E-state index in [0.717, 1.165) is 4.68 Å². The number of carbonyl (C=O) groups is 1. The number of nitro groups is 1. The Hall–Kier alpha value is -2.98. The Labute approximate surface area is 156 Å². The van der Waals surface area contributed by atoms with Gasteiger partial charge < -0.3 is 10.1 Å². The maximum atomic E-state index is 12.0. The Balaban J connectivity index is 1.62. The van der Waals surface area contributed by atoms with Crippen molar-refractivity contribution < 1.29 is 9.72 Å². The fraction of sp³-hybridized carbons (Fsp3) is 0.143. The van der Waals surface area contributed by atoms with Gasteiger partial charge in [-0.15, -0.1) is 5.10 Å². The van der Waals surface area contributed by atoms with Gasteiger partial charge in [-0.1, -0.05) is 29.3 Å². The van der Waals surface area contributed by atoms with Gasteiger partial charge in [0, 0.05) is 15.6 Å². The van der Waals surface area contributed by atoms with E-state index in [-0.39, 0.29) is 24.9 Å². The largest absolute Gasteiger partial charge is 0.389 e. The Morgan fingerprint density at radius 1 is 1.19 bits per heavy atom. The van der Waals surface area contributed by atoms with Gasteiger partial charge in [0.05, 0.1) is 23.9 Å². The minimum Gasteiger partial charge on any atom is -0.358 e. The summed E-state index contributed by atoms with van der Waals surface area (Å²) in [5.74, 6) is -0.729. The molecule has 0 aliphatic carbocycles. The molecule has 0 aliphatic rings. The minimum absolute atomic E-state index is 0.0832. The third-order valence-electron chi connectivity index (χ3n) is 3.29. The number of rotatable bonds is 6. The van der Waals surface area contributed by atoms with E-state index >= 15 is 0 Å². The highest BCUT2D eigenvalue weighted by Crippen LogP contribution is 2.24. The van der Waals surface area contributed by atoms with Crippen LogP contribution in [0.3, 0.4) is 0 Å². The lowest BCUT2D eigenvalue weighted by Crippen LogP contribution is -2.20. The predicted molar refractivity (Wildman–Crippen MR) is 93.1 cm³/mol. The summed E-state index contributed by atoms with van der Waals surface area (Å²) in [6.45, 7) is 0.0749. The molecule has 12 heteroatoms. The molecule has 2 heterocycles. The number of amides is 1. The second kappa shape index (κ2) is 7.50. The summed E-state index contributed by atoms with van der Waals surface area (Å²) in [5.41, 5.74) is 0.683. The molecule has 0 spiro atoms. The molecule has 0 saturated heterocycles. The highest BCUT2D eigenvalue weighted by Gasteiger charge is 2.15. The average molecular weight is 396 g/mol. The summed E-state index contributed by atoms with van der Waals surface area (Å²) in [5, 5.41) is 21.8. The summed E-state index contributed by atoms with van der Waals surface area (Å²) in [4.78, 5) is 25.9.